The molecule has 10 rings (SSSR count). The lowest BCUT2D eigenvalue weighted by molar-refractivity contribution is 0.100. The smallest absolute Gasteiger partial charge is 0.0540 e. The van der Waals surface area contributed by atoms with Gasteiger partial charge in [-0.2, -0.15) is 0 Å². The van der Waals surface area contributed by atoms with Crippen LogP contribution in [0.2, 0.25) is 0 Å². The van der Waals surface area contributed by atoms with E-state index in [0.717, 1.165) is 29.2 Å². The molecule has 0 amide bonds. The van der Waals surface area contributed by atoms with E-state index in [-0.39, 0.29) is 16.2 Å². The number of fused-ring (bicyclic) bond motifs is 3. The average molecular weight is 819 g/mol. The highest BCUT2D eigenvalue weighted by molar-refractivity contribution is 5.88. The monoisotopic (exact) mass is 818 g/mol. The van der Waals surface area contributed by atoms with E-state index in [1.807, 2.05) is 0 Å². The molecule has 0 heterocycles. The van der Waals surface area contributed by atoms with Gasteiger partial charge in [-0.3, -0.25) is 0 Å². The number of benzene rings is 8. The summed E-state index contributed by atoms with van der Waals surface area (Å²) in [6, 6.07) is 76.6. The van der Waals surface area contributed by atoms with Gasteiger partial charge in [-0.15, -0.1) is 0 Å². The molecule has 0 radical (unpaired) electrons. The highest BCUT2D eigenvalue weighted by atomic mass is 15.1. The number of anilines is 6. The maximum Gasteiger partial charge on any atom is 0.0540 e. The van der Waals surface area contributed by atoms with Crippen LogP contribution in [0, 0.1) is 11.3 Å². The molecule has 0 aromatic heterocycles. The number of hydrogen-bond donors (Lipinski definition) is 0. The first kappa shape index (κ1) is 40.4. The zero-order chi connectivity index (χ0) is 43.2. The first-order chi connectivity index (χ1) is 30.6. The molecule has 1 fully saturated rings. The fourth-order valence-corrected chi connectivity index (χ4v) is 11.4. The van der Waals surface area contributed by atoms with Crippen LogP contribution in [0.25, 0.3) is 22.3 Å². The highest BCUT2D eigenvalue weighted by Crippen LogP contribution is 2.56. The molecule has 2 aliphatic rings. The summed E-state index contributed by atoms with van der Waals surface area (Å²) in [6.45, 7) is 12.1. The largest absolute Gasteiger partial charge is 0.310 e. The molecular formula is C61H58N2. The van der Waals surface area contributed by atoms with Crippen LogP contribution in [0.15, 0.2) is 206 Å². The lowest BCUT2D eigenvalue weighted by Gasteiger charge is -2.51. The second kappa shape index (κ2) is 16.2. The van der Waals surface area contributed by atoms with Crippen molar-refractivity contribution < 1.29 is 0 Å². The Balaban J connectivity index is 1.07. The highest BCUT2D eigenvalue weighted by Gasteiger charge is 2.48. The molecule has 0 saturated heterocycles. The molecule has 312 valence electrons. The maximum atomic E-state index is 2.46. The number of rotatable bonds is 9. The van der Waals surface area contributed by atoms with Gasteiger partial charge < -0.3 is 9.80 Å². The van der Waals surface area contributed by atoms with Gasteiger partial charge in [0.2, 0.25) is 0 Å². The Morgan fingerprint density at radius 3 is 1.52 bits per heavy atom. The molecule has 8 aromatic carbocycles. The van der Waals surface area contributed by atoms with E-state index in [1.165, 1.54) is 75.1 Å². The summed E-state index contributed by atoms with van der Waals surface area (Å²) in [5, 5.41) is 0. The second-order valence-electron chi connectivity index (χ2n) is 19.4. The molecule has 1 saturated carbocycles. The number of para-hydroxylation sites is 3. The standard InChI is InChI=1S/C61H58N2/c1-59(2,3)58-31-19-20-42-61(58,46-34-38-50(39-35-46)63(48-25-13-8-14-26-48)57-30-18-16-27-52(57)44-21-9-6-10-22-44)45-32-36-49(37-33-45)62(47-23-11-7-12-24-47)51-40-41-54-53-28-15-17-29-55(53)60(4,5)56(54)43-51/h6-18,21-30,32-41,43,58H,19-20,31,42H2,1-5H3. The molecule has 0 bridgehead atoms. The van der Waals surface area contributed by atoms with Crippen LogP contribution >= 0.6 is 0 Å². The Morgan fingerprint density at radius 1 is 0.429 bits per heavy atom. The second-order valence-corrected chi connectivity index (χ2v) is 19.4. The lowest BCUT2D eigenvalue weighted by Crippen LogP contribution is -2.45. The van der Waals surface area contributed by atoms with Crippen molar-refractivity contribution in [1.29, 1.82) is 0 Å². The molecule has 63 heavy (non-hydrogen) atoms. The van der Waals surface area contributed by atoms with Crippen LogP contribution in [0.1, 0.15) is 82.6 Å². The van der Waals surface area contributed by atoms with Gasteiger partial charge in [0.15, 0.2) is 0 Å². The van der Waals surface area contributed by atoms with Gasteiger partial charge in [0.05, 0.1) is 5.69 Å². The minimum absolute atomic E-state index is 0.0809. The average Bonchev–Trinajstić information content (AvgIpc) is 3.55. The molecule has 2 heteroatoms. The Kier molecular flexibility index (Phi) is 10.4. The van der Waals surface area contributed by atoms with E-state index in [2.05, 4.69) is 251 Å². The summed E-state index contributed by atoms with van der Waals surface area (Å²) in [6.07, 6.45) is 4.80. The summed E-state index contributed by atoms with van der Waals surface area (Å²) in [5.74, 6) is 0.463. The predicted molar refractivity (Wildman–Crippen MR) is 267 cm³/mol. The van der Waals surface area contributed by atoms with Crippen LogP contribution in [0.5, 0.6) is 0 Å². The van der Waals surface area contributed by atoms with Crippen molar-refractivity contribution in [3.8, 4) is 22.3 Å². The Hall–Kier alpha value is -6.64. The van der Waals surface area contributed by atoms with Gasteiger partial charge in [0.1, 0.15) is 0 Å². The van der Waals surface area contributed by atoms with Crippen molar-refractivity contribution in [1.82, 2.24) is 0 Å². The summed E-state index contributed by atoms with van der Waals surface area (Å²) >= 11 is 0. The molecule has 0 aliphatic heterocycles. The Labute approximate surface area is 375 Å². The molecule has 0 N–H and O–H groups in total. The topological polar surface area (TPSA) is 6.48 Å². The predicted octanol–water partition coefficient (Wildman–Crippen LogP) is 17.1. The van der Waals surface area contributed by atoms with Crippen LogP contribution in [-0.4, -0.2) is 0 Å². The van der Waals surface area contributed by atoms with Gasteiger partial charge in [-0.1, -0.05) is 187 Å². The van der Waals surface area contributed by atoms with E-state index < -0.39 is 0 Å². The summed E-state index contributed by atoms with van der Waals surface area (Å²) in [7, 11) is 0. The minimum Gasteiger partial charge on any atom is -0.310 e. The normalized spacial score (nSPS) is 17.7. The van der Waals surface area contributed by atoms with E-state index in [9.17, 15) is 0 Å². The minimum atomic E-state index is -0.145. The molecule has 0 spiro atoms. The third-order valence-electron chi connectivity index (χ3n) is 14.3. The van der Waals surface area contributed by atoms with E-state index in [1.54, 1.807) is 0 Å². The number of hydrogen-bond acceptors (Lipinski definition) is 2. The summed E-state index contributed by atoms with van der Waals surface area (Å²) < 4.78 is 0. The molecular weight excluding hydrogens is 761 g/mol. The number of nitrogens with zero attached hydrogens (tertiary/aromatic N) is 2. The van der Waals surface area contributed by atoms with Gasteiger partial charge in [0, 0.05) is 44.8 Å². The molecule has 2 unspecified atom stereocenters. The van der Waals surface area contributed by atoms with Crippen LogP contribution < -0.4 is 9.80 Å². The Morgan fingerprint density at radius 2 is 0.905 bits per heavy atom. The zero-order valence-electron chi connectivity index (χ0n) is 37.4. The molecule has 2 nitrogen and oxygen atoms in total. The Bertz CT molecular complexity index is 2840. The summed E-state index contributed by atoms with van der Waals surface area (Å²) in [5.41, 5.74) is 17.6. The van der Waals surface area contributed by atoms with Crippen molar-refractivity contribution in [2.24, 2.45) is 11.3 Å². The van der Waals surface area contributed by atoms with Crippen molar-refractivity contribution in [3.63, 3.8) is 0 Å². The van der Waals surface area contributed by atoms with Gasteiger partial charge in [0.25, 0.3) is 0 Å². The SMILES string of the molecule is CC1(C)c2ccccc2-c2ccc(N(c3ccccc3)c3ccc(C4(c5ccc(N(c6ccccc6)c6ccccc6-c6ccccc6)cc5)CCCCC4C(C)(C)C)cc3)cc21. The van der Waals surface area contributed by atoms with Gasteiger partial charge >= 0.3 is 0 Å². The molecule has 2 aliphatic carbocycles. The van der Waals surface area contributed by atoms with Crippen molar-refractivity contribution in [2.75, 3.05) is 9.80 Å². The first-order valence-corrected chi connectivity index (χ1v) is 22.9. The maximum absolute atomic E-state index is 2.46. The third-order valence-corrected chi connectivity index (χ3v) is 14.3. The molecule has 8 aromatic rings. The fourth-order valence-electron chi connectivity index (χ4n) is 11.4. The van der Waals surface area contributed by atoms with Crippen molar-refractivity contribution >= 4 is 34.1 Å². The van der Waals surface area contributed by atoms with E-state index in [0.29, 0.717) is 5.92 Å². The van der Waals surface area contributed by atoms with Gasteiger partial charge in [-0.05, 0) is 130 Å². The fraction of sp³-hybridized carbons (Fsp3) is 0.213. The molecule has 2 atom stereocenters. The quantitative estimate of drug-likeness (QED) is 0.143. The van der Waals surface area contributed by atoms with Gasteiger partial charge in [-0.25, -0.2) is 0 Å². The van der Waals surface area contributed by atoms with Crippen LogP contribution in [-0.2, 0) is 10.8 Å². The summed E-state index contributed by atoms with van der Waals surface area (Å²) in [4.78, 5) is 4.87. The van der Waals surface area contributed by atoms with Crippen LogP contribution in [0.3, 0.4) is 0 Å². The van der Waals surface area contributed by atoms with Crippen molar-refractivity contribution in [3.05, 3.63) is 229 Å². The zero-order valence-corrected chi connectivity index (χ0v) is 37.4. The van der Waals surface area contributed by atoms with E-state index >= 15 is 0 Å². The third kappa shape index (κ3) is 7.16. The lowest BCUT2D eigenvalue weighted by atomic mass is 9.52. The van der Waals surface area contributed by atoms with Crippen molar-refractivity contribution in [2.45, 2.75) is 71.1 Å². The van der Waals surface area contributed by atoms with Crippen LogP contribution in [0.4, 0.5) is 34.1 Å². The van der Waals surface area contributed by atoms with E-state index in [4.69, 9.17) is 0 Å². The first-order valence-electron chi connectivity index (χ1n) is 22.9.